The van der Waals surface area contributed by atoms with Crippen molar-refractivity contribution in [1.82, 2.24) is 14.5 Å². The van der Waals surface area contributed by atoms with Crippen molar-refractivity contribution in [3.05, 3.63) is 58.8 Å². The first-order chi connectivity index (χ1) is 13.1. The lowest BCUT2D eigenvalue weighted by molar-refractivity contribution is -0.133. The fraction of sp³-hybridized carbons (Fsp3) is 0.350. The Hall–Kier alpha value is -3.09. The lowest BCUT2D eigenvalue weighted by atomic mass is 10.1. The Kier molecular flexibility index (Phi) is 4.66. The van der Waals surface area contributed by atoms with Gasteiger partial charge in [0.25, 0.3) is 0 Å². The third-order valence-corrected chi connectivity index (χ3v) is 4.85. The lowest BCUT2D eigenvalue weighted by Gasteiger charge is -2.32. The van der Waals surface area contributed by atoms with Gasteiger partial charge in [-0.05, 0) is 31.2 Å². The summed E-state index contributed by atoms with van der Waals surface area (Å²) in [6.45, 7) is 3.13. The SMILES string of the molecule is Cc1ccc(OC2CCN(C(=O)Cn3c(=O)oc4ccccc43)CC2)cn1. The summed E-state index contributed by atoms with van der Waals surface area (Å²) in [5.41, 5.74) is 2.08. The first-order valence-corrected chi connectivity index (χ1v) is 9.05. The molecule has 1 aliphatic heterocycles. The molecule has 1 fully saturated rings. The molecule has 1 saturated heterocycles. The van der Waals surface area contributed by atoms with Crippen LogP contribution in [0.3, 0.4) is 0 Å². The smallest absolute Gasteiger partial charge is 0.420 e. The molecular formula is C20H21N3O4. The second kappa shape index (κ2) is 7.26. The quantitative estimate of drug-likeness (QED) is 0.707. The number of hydrogen-bond acceptors (Lipinski definition) is 5. The number of carbonyl (C=O) groups is 1. The fourth-order valence-corrected chi connectivity index (χ4v) is 3.34. The summed E-state index contributed by atoms with van der Waals surface area (Å²) in [4.78, 5) is 30.7. The van der Waals surface area contributed by atoms with Gasteiger partial charge in [-0.3, -0.25) is 14.3 Å². The highest BCUT2D eigenvalue weighted by Crippen LogP contribution is 2.19. The number of hydrogen-bond donors (Lipinski definition) is 0. The van der Waals surface area contributed by atoms with Gasteiger partial charge in [0.2, 0.25) is 5.91 Å². The number of aromatic nitrogens is 2. The molecule has 0 atom stereocenters. The van der Waals surface area contributed by atoms with Gasteiger partial charge in [-0.15, -0.1) is 0 Å². The maximum absolute atomic E-state index is 12.6. The summed E-state index contributed by atoms with van der Waals surface area (Å²) < 4.78 is 12.5. The molecule has 27 heavy (non-hydrogen) atoms. The third-order valence-electron chi connectivity index (χ3n) is 4.85. The fourth-order valence-electron chi connectivity index (χ4n) is 3.34. The third kappa shape index (κ3) is 3.72. The molecule has 0 aliphatic carbocycles. The van der Waals surface area contributed by atoms with E-state index in [1.54, 1.807) is 29.3 Å². The highest BCUT2D eigenvalue weighted by molar-refractivity contribution is 5.79. The van der Waals surface area contributed by atoms with Crippen molar-refractivity contribution in [3.63, 3.8) is 0 Å². The van der Waals surface area contributed by atoms with Crippen LogP contribution in [0, 0.1) is 6.92 Å². The second-order valence-corrected chi connectivity index (χ2v) is 6.76. The van der Waals surface area contributed by atoms with E-state index in [1.165, 1.54) is 4.57 Å². The van der Waals surface area contributed by atoms with Gasteiger partial charge in [0.15, 0.2) is 5.58 Å². The van der Waals surface area contributed by atoms with Gasteiger partial charge in [0.05, 0.1) is 11.7 Å². The van der Waals surface area contributed by atoms with E-state index in [9.17, 15) is 9.59 Å². The van der Waals surface area contributed by atoms with Crippen molar-refractivity contribution in [2.24, 2.45) is 0 Å². The molecule has 1 aromatic carbocycles. The van der Waals surface area contributed by atoms with Crippen LogP contribution in [0.1, 0.15) is 18.5 Å². The number of aryl methyl sites for hydroxylation is 1. The van der Waals surface area contributed by atoms with Crippen LogP contribution in [-0.2, 0) is 11.3 Å². The first kappa shape index (κ1) is 17.3. The van der Waals surface area contributed by atoms with E-state index in [0.717, 1.165) is 24.3 Å². The number of nitrogens with zero attached hydrogens (tertiary/aromatic N) is 3. The summed E-state index contributed by atoms with van der Waals surface area (Å²) in [6, 6.07) is 11.0. The monoisotopic (exact) mass is 367 g/mol. The minimum absolute atomic E-state index is 0.0107. The predicted octanol–water partition coefficient (Wildman–Crippen LogP) is 2.37. The summed E-state index contributed by atoms with van der Waals surface area (Å²) in [5, 5.41) is 0. The summed E-state index contributed by atoms with van der Waals surface area (Å²) in [7, 11) is 0. The zero-order chi connectivity index (χ0) is 18.8. The average molecular weight is 367 g/mol. The first-order valence-electron chi connectivity index (χ1n) is 9.05. The van der Waals surface area contributed by atoms with E-state index in [1.807, 2.05) is 25.1 Å². The van der Waals surface area contributed by atoms with Gasteiger partial charge in [-0.2, -0.15) is 0 Å². The van der Waals surface area contributed by atoms with Crippen LogP contribution in [0.25, 0.3) is 11.1 Å². The number of oxazole rings is 1. The largest absolute Gasteiger partial charge is 0.489 e. The zero-order valence-corrected chi connectivity index (χ0v) is 15.1. The second-order valence-electron chi connectivity index (χ2n) is 6.76. The number of amides is 1. The van der Waals surface area contributed by atoms with Crippen molar-refractivity contribution in [3.8, 4) is 5.75 Å². The highest BCUT2D eigenvalue weighted by atomic mass is 16.5. The normalized spacial score (nSPS) is 15.2. The molecule has 0 bridgehead atoms. The Morgan fingerprint density at radius 1 is 1.22 bits per heavy atom. The van der Waals surface area contributed by atoms with Crippen LogP contribution < -0.4 is 10.5 Å². The van der Waals surface area contributed by atoms with Gasteiger partial charge in [-0.25, -0.2) is 4.79 Å². The van der Waals surface area contributed by atoms with Crippen LogP contribution >= 0.6 is 0 Å². The van der Waals surface area contributed by atoms with E-state index in [0.29, 0.717) is 24.2 Å². The Labute approximate surface area is 156 Å². The Morgan fingerprint density at radius 2 is 2.00 bits per heavy atom. The van der Waals surface area contributed by atoms with Crippen LogP contribution in [0.5, 0.6) is 5.75 Å². The molecule has 1 amide bonds. The molecule has 0 saturated carbocycles. The molecule has 3 heterocycles. The number of piperidine rings is 1. The zero-order valence-electron chi connectivity index (χ0n) is 15.1. The number of rotatable bonds is 4. The molecule has 4 rings (SSSR count). The van der Waals surface area contributed by atoms with Crippen LogP contribution in [0.15, 0.2) is 51.8 Å². The van der Waals surface area contributed by atoms with Gasteiger partial charge in [-0.1, -0.05) is 12.1 Å². The Bertz CT molecular complexity index is 998. The number of pyridine rings is 1. The summed E-state index contributed by atoms with van der Waals surface area (Å²) >= 11 is 0. The molecule has 2 aromatic heterocycles. The van der Waals surface area contributed by atoms with E-state index in [2.05, 4.69) is 4.98 Å². The number of ether oxygens (including phenoxy) is 1. The van der Waals surface area contributed by atoms with E-state index < -0.39 is 5.76 Å². The predicted molar refractivity (Wildman–Crippen MR) is 99.7 cm³/mol. The number of benzene rings is 1. The van der Waals surface area contributed by atoms with E-state index in [4.69, 9.17) is 9.15 Å². The van der Waals surface area contributed by atoms with Crippen molar-refractivity contribution in [2.75, 3.05) is 13.1 Å². The van der Waals surface area contributed by atoms with Gasteiger partial charge >= 0.3 is 5.76 Å². The minimum Gasteiger partial charge on any atom is -0.489 e. The van der Waals surface area contributed by atoms with Crippen LogP contribution in [0.4, 0.5) is 0 Å². The molecule has 1 aliphatic rings. The van der Waals surface area contributed by atoms with Crippen molar-refractivity contribution in [1.29, 1.82) is 0 Å². The number of carbonyl (C=O) groups excluding carboxylic acids is 1. The topological polar surface area (TPSA) is 77.6 Å². The van der Waals surface area contributed by atoms with Crippen molar-refractivity contribution >= 4 is 17.0 Å². The lowest BCUT2D eigenvalue weighted by Crippen LogP contribution is -2.43. The van der Waals surface area contributed by atoms with Crippen molar-refractivity contribution in [2.45, 2.75) is 32.4 Å². The van der Waals surface area contributed by atoms with Crippen molar-refractivity contribution < 1.29 is 13.9 Å². The van der Waals surface area contributed by atoms with Crippen LogP contribution in [-0.4, -0.2) is 39.6 Å². The molecule has 0 radical (unpaired) electrons. The molecule has 3 aromatic rings. The molecule has 0 unspecified atom stereocenters. The summed E-state index contributed by atoms with van der Waals surface area (Å²) in [6.07, 6.45) is 3.29. The van der Waals surface area contributed by atoms with Crippen LogP contribution in [0.2, 0.25) is 0 Å². The summed E-state index contributed by atoms with van der Waals surface area (Å²) in [5.74, 6) is 0.163. The number of para-hydroxylation sites is 2. The molecule has 140 valence electrons. The molecule has 0 N–H and O–H groups in total. The van der Waals surface area contributed by atoms with E-state index in [-0.39, 0.29) is 18.6 Å². The van der Waals surface area contributed by atoms with Gasteiger partial charge in [0.1, 0.15) is 18.4 Å². The maximum atomic E-state index is 12.6. The molecule has 0 spiro atoms. The molecule has 7 heteroatoms. The number of likely N-dealkylation sites (tertiary alicyclic amines) is 1. The maximum Gasteiger partial charge on any atom is 0.420 e. The molecule has 7 nitrogen and oxygen atoms in total. The minimum atomic E-state index is -0.505. The molecular weight excluding hydrogens is 346 g/mol. The van der Waals surface area contributed by atoms with Gasteiger partial charge in [0, 0.05) is 31.6 Å². The van der Waals surface area contributed by atoms with Gasteiger partial charge < -0.3 is 14.1 Å². The average Bonchev–Trinajstić information content (AvgIpc) is 2.99. The van der Waals surface area contributed by atoms with E-state index >= 15 is 0 Å². The number of fused-ring (bicyclic) bond motifs is 1. The standard InChI is InChI=1S/C20H21N3O4/c1-14-6-7-16(12-21-14)26-15-8-10-22(11-9-15)19(24)13-23-17-4-2-3-5-18(17)27-20(23)25/h2-7,12,15H,8-11,13H2,1H3. The Balaban J connectivity index is 1.36. The highest BCUT2D eigenvalue weighted by Gasteiger charge is 2.25. The Morgan fingerprint density at radius 3 is 2.74 bits per heavy atom.